The lowest BCUT2D eigenvalue weighted by Crippen LogP contribution is -2.52. The first kappa shape index (κ1) is 24.9. The van der Waals surface area contributed by atoms with Crippen LogP contribution in [0.25, 0.3) is 0 Å². The summed E-state index contributed by atoms with van der Waals surface area (Å²) < 4.78 is 12.5. The van der Waals surface area contributed by atoms with Gasteiger partial charge in [-0.15, -0.1) is 0 Å². The van der Waals surface area contributed by atoms with Gasteiger partial charge in [-0.05, 0) is 41.5 Å². The minimum Gasteiger partial charge on any atom is -0.494 e. The van der Waals surface area contributed by atoms with Crippen LogP contribution >= 0.6 is 15.9 Å². The van der Waals surface area contributed by atoms with Gasteiger partial charge in [-0.2, -0.15) is 0 Å². The zero-order valence-corrected chi connectivity index (χ0v) is 20.8. The molecular formula is C27H28BrN3O4. The van der Waals surface area contributed by atoms with Crippen LogP contribution in [0.4, 0.5) is 0 Å². The van der Waals surface area contributed by atoms with E-state index in [1.165, 1.54) is 0 Å². The van der Waals surface area contributed by atoms with Gasteiger partial charge in [0.1, 0.15) is 12.4 Å². The number of carbonyl (C=O) groups is 1. The van der Waals surface area contributed by atoms with Crippen LogP contribution in [0.5, 0.6) is 5.75 Å². The summed E-state index contributed by atoms with van der Waals surface area (Å²) in [5.41, 5.74) is 7.51. The number of halogens is 1. The fourth-order valence-corrected chi connectivity index (χ4v) is 4.15. The number of carbonyl (C=O) groups excluding carboxylic acids is 1. The number of hydrazine groups is 1. The monoisotopic (exact) mass is 537 g/mol. The molecule has 1 atom stereocenters. The van der Waals surface area contributed by atoms with Gasteiger partial charge in [0.2, 0.25) is 5.90 Å². The number of nitrogens with one attached hydrogen (secondary N) is 2. The minimum absolute atomic E-state index is 0.0879. The lowest BCUT2D eigenvalue weighted by atomic mass is 9.91. The van der Waals surface area contributed by atoms with E-state index < -0.39 is 5.54 Å². The van der Waals surface area contributed by atoms with Crippen LogP contribution in [0.3, 0.4) is 0 Å². The molecule has 0 aromatic heterocycles. The van der Waals surface area contributed by atoms with Gasteiger partial charge in [0.25, 0.3) is 5.91 Å². The number of amides is 1. The molecule has 0 bridgehead atoms. The molecule has 3 aromatic carbocycles. The van der Waals surface area contributed by atoms with Crippen molar-refractivity contribution in [1.82, 2.24) is 10.9 Å². The molecule has 0 unspecified atom stereocenters. The van der Waals surface area contributed by atoms with E-state index in [1.807, 2.05) is 78.9 Å². The quantitative estimate of drug-likeness (QED) is 0.255. The Morgan fingerprint density at radius 3 is 2.54 bits per heavy atom. The molecule has 1 aliphatic rings. The SMILES string of the molecule is O=C(NNCc1ccccc1)[C@]1(Cc2ccccc2Br)COC(c2ccc(OCCCO)cc2)=N1. The number of benzene rings is 3. The van der Waals surface area contributed by atoms with Gasteiger partial charge in [0.05, 0.1) is 6.61 Å². The summed E-state index contributed by atoms with van der Waals surface area (Å²) in [6.45, 7) is 1.15. The summed E-state index contributed by atoms with van der Waals surface area (Å²) >= 11 is 3.59. The van der Waals surface area contributed by atoms with Gasteiger partial charge in [0, 0.05) is 36.0 Å². The molecule has 1 aliphatic heterocycles. The number of aliphatic hydroxyl groups is 1. The van der Waals surface area contributed by atoms with Crippen molar-refractivity contribution in [3.05, 3.63) is 100 Å². The van der Waals surface area contributed by atoms with E-state index >= 15 is 0 Å². The summed E-state index contributed by atoms with van der Waals surface area (Å²) in [5, 5.41) is 8.91. The first-order chi connectivity index (χ1) is 17.1. The summed E-state index contributed by atoms with van der Waals surface area (Å²) in [7, 11) is 0. The van der Waals surface area contributed by atoms with E-state index in [2.05, 4.69) is 26.8 Å². The maximum atomic E-state index is 13.4. The Labute approximate surface area is 213 Å². The first-order valence-electron chi connectivity index (χ1n) is 11.5. The third-order valence-corrected chi connectivity index (χ3v) is 6.41. The van der Waals surface area contributed by atoms with Crippen molar-refractivity contribution in [2.45, 2.75) is 24.9 Å². The highest BCUT2D eigenvalue weighted by atomic mass is 79.9. The number of ether oxygens (including phenoxy) is 2. The zero-order valence-electron chi connectivity index (χ0n) is 19.2. The molecule has 0 aliphatic carbocycles. The third kappa shape index (κ3) is 6.48. The Morgan fingerprint density at radius 1 is 1.06 bits per heavy atom. The predicted molar refractivity (Wildman–Crippen MR) is 138 cm³/mol. The molecule has 0 radical (unpaired) electrons. The molecule has 3 N–H and O–H groups in total. The Kier molecular flexibility index (Phi) is 8.52. The fourth-order valence-electron chi connectivity index (χ4n) is 3.73. The number of rotatable bonds is 11. The van der Waals surface area contributed by atoms with Crippen LogP contribution in [-0.4, -0.2) is 42.3 Å². The van der Waals surface area contributed by atoms with Crippen LogP contribution in [0, 0.1) is 0 Å². The largest absolute Gasteiger partial charge is 0.494 e. The molecule has 182 valence electrons. The number of aliphatic imine (C=N–C) groups is 1. The van der Waals surface area contributed by atoms with Crippen LogP contribution in [0.2, 0.25) is 0 Å². The van der Waals surface area contributed by atoms with Crippen molar-refractivity contribution in [2.75, 3.05) is 19.8 Å². The minimum atomic E-state index is -1.13. The highest BCUT2D eigenvalue weighted by Crippen LogP contribution is 2.30. The normalized spacial score (nSPS) is 16.9. The molecule has 0 fully saturated rings. The Bertz CT molecular complexity index is 1150. The molecule has 4 rings (SSSR count). The number of aliphatic hydroxyl groups excluding tert-OH is 1. The van der Waals surface area contributed by atoms with Crippen molar-refractivity contribution in [1.29, 1.82) is 0 Å². The van der Waals surface area contributed by atoms with Crippen molar-refractivity contribution in [3.8, 4) is 5.75 Å². The highest BCUT2D eigenvalue weighted by Gasteiger charge is 2.45. The van der Waals surface area contributed by atoms with Gasteiger partial charge >= 0.3 is 0 Å². The van der Waals surface area contributed by atoms with Gasteiger partial charge in [-0.3, -0.25) is 10.2 Å². The Hall–Kier alpha value is -3.20. The maximum Gasteiger partial charge on any atom is 0.266 e. The standard InChI is InChI=1S/C27H28BrN3O4/c28-24-10-5-4-9-22(24)17-27(26(33)31-29-18-20-7-2-1-3-8-20)19-35-25(30-27)21-11-13-23(14-12-21)34-16-6-15-32/h1-5,7-14,29,32H,6,15-19H2,(H,31,33)/t27-/m0/s1. The topological polar surface area (TPSA) is 92.2 Å². The number of hydrogen-bond donors (Lipinski definition) is 3. The van der Waals surface area contributed by atoms with E-state index in [4.69, 9.17) is 19.6 Å². The smallest absolute Gasteiger partial charge is 0.266 e. The number of hydrogen-bond acceptors (Lipinski definition) is 6. The van der Waals surface area contributed by atoms with Crippen LogP contribution in [0.1, 0.15) is 23.1 Å². The molecule has 1 heterocycles. The molecule has 35 heavy (non-hydrogen) atoms. The molecule has 0 saturated carbocycles. The van der Waals surface area contributed by atoms with Crippen LogP contribution < -0.4 is 15.6 Å². The summed E-state index contributed by atoms with van der Waals surface area (Å²) in [6.07, 6.45) is 0.946. The Morgan fingerprint density at radius 2 is 1.80 bits per heavy atom. The lowest BCUT2D eigenvalue weighted by molar-refractivity contribution is -0.127. The lowest BCUT2D eigenvalue weighted by Gasteiger charge is -2.24. The summed E-state index contributed by atoms with van der Waals surface area (Å²) in [4.78, 5) is 18.2. The molecular weight excluding hydrogens is 510 g/mol. The van der Waals surface area contributed by atoms with Crippen molar-refractivity contribution < 1.29 is 19.4 Å². The molecule has 3 aromatic rings. The fraction of sp³-hybridized carbons (Fsp3) is 0.259. The molecule has 7 nitrogen and oxygen atoms in total. The van der Waals surface area contributed by atoms with Gasteiger partial charge in [0.15, 0.2) is 5.54 Å². The molecule has 0 saturated heterocycles. The van der Waals surface area contributed by atoms with Crippen molar-refractivity contribution in [2.24, 2.45) is 4.99 Å². The molecule has 1 amide bonds. The number of nitrogens with zero attached hydrogens (tertiary/aromatic N) is 1. The van der Waals surface area contributed by atoms with Crippen LogP contribution in [0.15, 0.2) is 88.3 Å². The first-order valence-corrected chi connectivity index (χ1v) is 12.3. The summed E-state index contributed by atoms with van der Waals surface area (Å²) in [6, 6.07) is 25.0. The van der Waals surface area contributed by atoms with E-state index in [0.29, 0.717) is 37.6 Å². The van der Waals surface area contributed by atoms with E-state index in [0.717, 1.165) is 21.2 Å². The average Bonchev–Trinajstić information content (AvgIpc) is 3.32. The second kappa shape index (κ2) is 12.0. The maximum absolute atomic E-state index is 13.4. The van der Waals surface area contributed by atoms with E-state index in [1.54, 1.807) is 0 Å². The van der Waals surface area contributed by atoms with Crippen molar-refractivity contribution in [3.63, 3.8) is 0 Å². The second-order valence-corrected chi connectivity index (χ2v) is 9.10. The molecule has 0 spiro atoms. The highest BCUT2D eigenvalue weighted by molar-refractivity contribution is 9.10. The molecule has 8 heteroatoms. The Balaban J connectivity index is 1.52. The van der Waals surface area contributed by atoms with Crippen LogP contribution in [-0.2, 0) is 22.5 Å². The second-order valence-electron chi connectivity index (χ2n) is 8.25. The van der Waals surface area contributed by atoms with Gasteiger partial charge in [-0.25, -0.2) is 10.4 Å². The van der Waals surface area contributed by atoms with Crippen molar-refractivity contribution >= 4 is 27.7 Å². The predicted octanol–water partition coefficient (Wildman–Crippen LogP) is 3.79. The third-order valence-electron chi connectivity index (χ3n) is 5.64. The zero-order chi connectivity index (χ0) is 24.5. The van der Waals surface area contributed by atoms with E-state index in [-0.39, 0.29) is 19.1 Å². The average molecular weight is 538 g/mol. The summed E-state index contributed by atoms with van der Waals surface area (Å²) in [5.74, 6) is 0.850. The van der Waals surface area contributed by atoms with Gasteiger partial charge in [-0.1, -0.05) is 64.5 Å². The van der Waals surface area contributed by atoms with E-state index in [9.17, 15) is 4.79 Å². The van der Waals surface area contributed by atoms with Gasteiger partial charge < -0.3 is 14.6 Å².